The highest BCUT2D eigenvalue weighted by atomic mass is 35.5. The first kappa shape index (κ1) is 25.7. The lowest BCUT2D eigenvalue weighted by Gasteiger charge is -2.23. The molecular weight excluding hydrogens is 526 g/mol. The summed E-state index contributed by atoms with van der Waals surface area (Å²) in [5.41, 5.74) is 2.88. The molecule has 0 bridgehead atoms. The fourth-order valence-corrected chi connectivity index (χ4v) is 6.79. The largest absolute Gasteiger partial charge is 0.493 e. The minimum Gasteiger partial charge on any atom is -0.493 e. The molecule has 2 aromatic carbocycles. The van der Waals surface area contributed by atoms with Gasteiger partial charge in [0.15, 0.2) is 11.5 Å². The second-order valence-corrected chi connectivity index (χ2v) is 11.0. The quantitative estimate of drug-likeness (QED) is 0.289. The first-order chi connectivity index (χ1) is 16.9. The van der Waals surface area contributed by atoms with Gasteiger partial charge in [-0.15, -0.1) is 33.3 Å². The molecule has 1 aliphatic heterocycles. The van der Waals surface area contributed by atoms with Gasteiger partial charge in [-0.1, -0.05) is 36.0 Å². The highest BCUT2D eigenvalue weighted by Gasteiger charge is 2.33. The summed E-state index contributed by atoms with van der Waals surface area (Å²) in [7, 11) is 4.64. The molecule has 1 aromatic heterocycles. The van der Waals surface area contributed by atoms with E-state index in [9.17, 15) is 4.79 Å². The number of esters is 1. The number of nitrogens with one attached hydrogen (secondary N) is 1. The van der Waals surface area contributed by atoms with Gasteiger partial charge in [0.25, 0.3) is 0 Å². The minimum absolute atomic E-state index is 0.0847. The summed E-state index contributed by atoms with van der Waals surface area (Å²) < 4.78 is 16.0. The van der Waals surface area contributed by atoms with Gasteiger partial charge in [0.05, 0.1) is 43.2 Å². The fraction of sp³-hybridized carbons (Fsp3) is 0.333. The average Bonchev–Trinajstić information content (AvgIpc) is 3.27. The maximum Gasteiger partial charge on any atom is 0.305 e. The number of ether oxygens (including phenoxy) is 3. The van der Waals surface area contributed by atoms with Crippen LogP contribution < -0.4 is 14.8 Å². The topological polar surface area (TPSA) is 82.6 Å². The number of anilines is 1. The van der Waals surface area contributed by atoms with Crippen molar-refractivity contribution in [2.45, 2.75) is 29.8 Å². The van der Waals surface area contributed by atoms with E-state index in [2.05, 4.69) is 15.5 Å². The third kappa shape index (κ3) is 5.88. The second-order valence-electron chi connectivity index (χ2n) is 7.68. The van der Waals surface area contributed by atoms with Crippen molar-refractivity contribution >= 4 is 63.6 Å². The summed E-state index contributed by atoms with van der Waals surface area (Å²) >= 11 is 15.4. The Morgan fingerprint density at radius 3 is 2.66 bits per heavy atom. The molecule has 184 valence electrons. The Labute approximate surface area is 222 Å². The van der Waals surface area contributed by atoms with Gasteiger partial charge in [0.2, 0.25) is 0 Å². The average molecular weight is 550 g/mol. The van der Waals surface area contributed by atoms with Crippen LogP contribution in [0, 0.1) is 0 Å². The van der Waals surface area contributed by atoms with Gasteiger partial charge in [0, 0.05) is 29.1 Å². The molecule has 2 atom stereocenters. The summed E-state index contributed by atoms with van der Waals surface area (Å²) in [6.45, 7) is 0. The van der Waals surface area contributed by atoms with Crippen molar-refractivity contribution in [2.75, 3.05) is 26.6 Å². The lowest BCUT2D eigenvalue weighted by molar-refractivity contribution is -0.140. The summed E-state index contributed by atoms with van der Waals surface area (Å²) in [6.07, 6.45) is 1.37. The number of hydrogen-bond donors (Lipinski definition) is 1. The molecule has 7 nitrogen and oxygen atoms in total. The van der Waals surface area contributed by atoms with E-state index in [-0.39, 0.29) is 22.9 Å². The molecule has 35 heavy (non-hydrogen) atoms. The normalized spacial score (nSPS) is 17.2. The number of carbonyl (C=O) groups is 1. The van der Waals surface area contributed by atoms with Gasteiger partial charge in [-0.3, -0.25) is 4.79 Å². The van der Waals surface area contributed by atoms with Crippen LogP contribution in [0.3, 0.4) is 0 Å². The monoisotopic (exact) mass is 549 g/mol. The van der Waals surface area contributed by atoms with Crippen molar-refractivity contribution in [3.8, 4) is 11.5 Å². The van der Waals surface area contributed by atoms with Crippen LogP contribution in [0.25, 0.3) is 0 Å². The van der Waals surface area contributed by atoms with Gasteiger partial charge < -0.3 is 19.5 Å². The van der Waals surface area contributed by atoms with Crippen molar-refractivity contribution in [1.29, 1.82) is 0 Å². The Bertz CT molecular complexity index is 1240. The lowest BCUT2D eigenvalue weighted by atomic mass is 10.0. The third-order valence-corrected chi connectivity index (χ3v) is 8.79. The molecule has 0 aliphatic carbocycles. The Balaban J connectivity index is 1.67. The van der Waals surface area contributed by atoms with Crippen molar-refractivity contribution in [3.63, 3.8) is 0 Å². The number of halogens is 1. The number of hydrogen-bond acceptors (Lipinski definition) is 9. The van der Waals surface area contributed by atoms with E-state index >= 15 is 0 Å². The van der Waals surface area contributed by atoms with E-state index in [0.717, 1.165) is 26.8 Å². The first-order valence-corrected chi connectivity index (χ1v) is 13.3. The number of carbonyl (C=O) groups excluding carboxylic acids is 1. The summed E-state index contributed by atoms with van der Waals surface area (Å²) in [6, 6.07) is 11.6. The number of nitrogens with zero attached hydrogens (tertiary/aromatic N) is 2. The Hall–Kier alpha value is -2.40. The van der Waals surface area contributed by atoms with E-state index in [4.69, 9.17) is 38.0 Å². The zero-order valence-corrected chi connectivity index (χ0v) is 22.6. The van der Waals surface area contributed by atoms with E-state index in [0.29, 0.717) is 34.4 Å². The number of aryl methyl sites for hydroxylation is 1. The van der Waals surface area contributed by atoms with E-state index < -0.39 is 0 Å². The van der Waals surface area contributed by atoms with Gasteiger partial charge in [-0.05, 0) is 29.8 Å². The van der Waals surface area contributed by atoms with Crippen LogP contribution in [0.5, 0.6) is 11.5 Å². The molecule has 0 spiro atoms. The standard InChI is InChI=1S/C24H24ClN3O4S3/c1-30-17-6-4-5-14(22(17)32-3)23-15-11-13(25)7-8-16(15)26-24(33)18(34-23)12-20-28-27-19(35-20)9-10-21(29)31-2/h4-8,11,18,23H,9-10,12H2,1-3H3,(H,26,33)/t18-,23-/m1/s1. The Morgan fingerprint density at radius 1 is 1.11 bits per heavy atom. The Kier molecular flexibility index (Phi) is 8.48. The molecule has 0 unspecified atom stereocenters. The zero-order chi connectivity index (χ0) is 24.9. The second kappa shape index (κ2) is 11.6. The number of thioether (sulfide) groups is 1. The SMILES string of the molecule is COC(=O)CCc1nnc(C[C@H]2S[C@H](c3cccc(OC)c3OC)c3cc(Cl)ccc3NC2=S)s1. The Morgan fingerprint density at radius 2 is 1.91 bits per heavy atom. The molecule has 0 saturated heterocycles. The van der Waals surface area contributed by atoms with Crippen molar-refractivity contribution in [1.82, 2.24) is 10.2 Å². The zero-order valence-electron chi connectivity index (χ0n) is 19.4. The molecular formula is C24H24ClN3O4S3. The predicted octanol–water partition coefficient (Wildman–Crippen LogP) is 5.50. The van der Waals surface area contributed by atoms with Crippen molar-refractivity contribution in [3.05, 3.63) is 62.6 Å². The number of thiocarbonyl (C=S) groups is 1. The van der Waals surface area contributed by atoms with Crippen LogP contribution in [0.4, 0.5) is 5.69 Å². The van der Waals surface area contributed by atoms with E-state index in [1.807, 2.05) is 36.4 Å². The summed E-state index contributed by atoms with van der Waals surface area (Å²) in [5.74, 6) is 1.06. The number of methoxy groups -OCH3 is 3. The van der Waals surface area contributed by atoms with Crippen molar-refractivity contribution < 1.29 is 19.0 Å². The molecule has 1 N–H and O–H groups in total. The van der Waals surface area contributed by atoms with Crippen LogP contribution in [0.1, 0.15) is 32.8 Å². The maximum absolute atomic E-state index is 11.5. The molecule has 0 fully saturated rings. The van der Waals surface area contributed by atoms with Gasteiger partial charge in [-0.25, -0.2) is 0 Å². The third-order valence-electron chi connectivity index (χ3n) is 5.50. The van der Waals surface area contributed by atoms with Gasteiger partial charge in [0.1, 0.15) is 10.0 Å². The maximum atomic E-state index is 11.5. The minimum atomic E-state index is -0.266. The number of aromatic nitrogens is 2. The summed E-state index contributed by atoms with van der Waals surface area (Å²) in [4.78, 5) is 12.2. The van der Waals surface area contributed by atoms with Crippen LogP contribution in [0.15, 0.2) is 36.4 Å². The molecule has 0 amide bonds. The van der Waals surface area contributed by atoms with Crippen LogP contribution in [-0.4, -0.2) is 47.7 Å². The molecule has 1 aliphatic rings. The molecule has 0 radical (unpaired) electrons. The van der Waals surface area contributed by atoms with Crippen molar-refractivity contribution in [2.24, 2.45) is 0 Å². The van der Waals surface area contributed by atoms with Crippen LogP contribution in [-0.2, 0) is 22.4 Å². The first-order valence-electron chi connectivity index (χ1n) is 10.8. The number of rotatable bonds is 8. The molecule has 4 rings (SSSR count). The predicted molar refractivity (Wildman–Crippen MR) is 144 cm³/mol. The fourth-order valence-electron chi connectivity index (χ4n) is 3.82. The number of benzene rings is 2. The van der Waals surface area contributed by atoms with Crippen LogP contribution >= 0.6 is 46.9 Å². The highest BCUT2D eigenvalue weighted by molar-refractivity contribution is 8.02. The molecule has 2 heterocycles. The number of fused-ring (bicyclic) bond motifs is 1. The molecule has 11 heteroatoms. The molecule has 3 aromatic rings. The number of para-hydroxylation sites is 1. The highest BCUT2D eigenvalue weighted by Crippen LogP contribution is 2.50. The van der Waals surface area contributed by atoms with Gasteiger partial charge >= 0.3 is 5.97 Å². The van der Waals surface area contributed by atoms with Crippen LogP contribution in [0.2, 0.25) is 5.02 Å². The lowest BCUT2D eigenvalue weighted by Crippen LogP contribution is -2.24. The molecule has 0 saturated carbocycles. The summed E-state index contributed by atoms with van der Waals surface area (Å²) in [5, 5.41) is 14.1. The smallest absolute Gasteiger partial charge is 0.305 e. The van der Waals surface area contributed by atoms with E-state index in [1.54, 1.807) is 26.0 Å². The van der Waals surface area contributed by atoms with E-state index in [1.165, 1.54) is 18.4 Å². The van der Waals surface area contributed by atoms with Gasteiger partial charge in [-0.2, -0.15) is 0 Å².